The Hall–Kier alpha value is -2.05. The van der Waals surface area contributed by atoms with Gasteiger partial charge in [-0.2, -0.15) is 5.10 Å². The van der Waals surface area contributed by atoms with Crippen molar-refractivity contribution >= 4 is 23.4 Å². The zero-order chi connectivity index (χ0) is 16.9. The first-order chi connectivity index (χ1) is 11.6. The molecule has 0 unspecified atom stereocenters. The van der Waals surface area contributed by atoms with Crippen molar-refractivity contribution in [1.82, 2.24) is 15.5 Å². The highest BCUT2D eigenvalue weighted by molar-refractivity contribution is 7.99. The van der Waals surface area contributed by atoms with Crippen LogP contribution in [0.25, 0.3) is 0 Å². The number of nitrogens with zero attached hydrogens (tertiary/aromatic N) is 1. The first-order valence-corrected chi connectivity index (χ1v) is 8.92. The molecule has 5 nitrogen and oxygen atoms in total. The fourth-order valence-electron chi connectivity index (χ4n) is 2.69. The van der Waals surface area contributed by atoms with Crippen LogP contribution < -0.4 is 10.6 Å². The first kappa shape index (κ1) is 16.8. The second-order valence-corrected chi connectivity index (χ2v) is 6.96. The summed E-state index contributed by atoms with van der Waals surface area (Å²) in [7, 11) is 0. The standard InChI is InChI=1S/C18H22N4OS/c1-12-18(13(2)22-21-12)24-16-6-4-3-5-15(16)20-17(23)11-14-7-9-19-10-8-14/h3-7,19H,8-11H2,1-2H3,(H,20,23)(H,21,22). The maximum atomic E-state index is 12.4. The molecule has 2 heterocycles. The van der Waals surface area contributed by atoms with Crippen LogP contribution in [0.15, 0.2) is 45.7 Å². The van der Waals surface area contributed by atoms with Gasteiger partial charge in [0.1, 0.15) is 0 Å². The number of carbonyl (C=O) groups is 1. The highest BCUT2D eigenvalue weighted by atomic mass is 32.2. The van der Waals surface area contributed by atoms with Gasteiger partial charge in [0.2, 0.25) is 5.91 Å². The number of aromatic nitrogens is 2. The van der Waals surface area contributed by atoms with Gasteiger partial charge < -0.3 is 10.6 Å². The number of benzene rings is 1. The average Bonchev–Trinajstić information content (AvgIpc) is 2.89. The van der Waals surface area contributed by atoms with Gasteiger partial charge in [-0.25, -0.2) is 0 Å². The summed E-state index contributed by atoms with van der Waals surface area (Å²) in [6.07, 6.45) is 3.52. The molecule has 0 bridgehead atoms. The molecule has 0 aliphatic carbocycles. The molecule has 1 aliphatic heterocycles. The van der Waals surface area contributed by atoms with E-state index in [1.165, 1.54) is 5.57 Å². The molecule has 0 radical (unpaired) electrons. The number of amides is 1. The molecule has 2 aromatic rings. The predicted molar refractivity (Wildman–Crippen MR) is 97.4 cm³/mol. The van der Waals surface area contributed by atoms with E-state index in [1.54, 1.807) is 11.8 Å². The number of aryl methyl sites for hydroxylation is 2. The van der Waals surface area contributed by atoms with Crippen molar-refractivity contribution in [2.75, 3.05) is 18.4 Å². The van der Waals surface area contributed by atoms with E-state index < -0.39 is 0 Å². The Labute approximate surface area is 146 Å². The third kappa shape index (κ3) is 4.07. The van der Waals surface area contributed by atoms with Crippen molar-refractivity contribution < 1.29 is 4.79 Å². The van der Waals surface area contributed by atoms with Gasteiger partial charge in [0, 0.05) is 23.6 Å². The lowest BCUT2D eigenvalue weighted by Crippen LogP contribution is -2.22. The van der Waals surface area contributed by atoms with Crippen LogP contribution in [0.2, 0.25) is 0 Å². The average molecular weight is 342 g/mol. The molecule has 0 spiro atoms. The lowest BCUT2D eigenvalue weighted by molar-refractivity contribution is -0.115. The zero-order valence-corrected chi connectivity index (χ0v) is 14.8. The Balaban J connectivity index is 1.72. The highest BCUT2D eigenvalue weighted by Gasteiger charge is 2.14. The van der Waals surface area contributed by atoms with E-state index in [0.29, 0.717) is 6.42 Å². The Morgan fingerprint density at radius 1 is 1.33 bits per heavy atom. The van der Waals surface area contributed by atoms with Crippen LogP contribution in [0.3, 0.4) is 0 Å². The van der Waals surface area contributed by atoms with Crippen LogP contribution in [0, 0.1) is 13.8 Å². The molecular formula is C18H22N4OS. The lowest BCUT2D eigenvalue weighted by atomic mass is 10.1. The van der Waals surface area contributed by atoms with Crippen molar-refractivity contribution in [2.24, 2.45) is 0 Å². The number of hydrogen-bond donors (Lipinski definition) is 3. The number of anilines is 1. The number of H-pyrrole nitrogens is 1. The third-order valence-corrected chi connectivity index (χ3v) is 5.36. The minimum Gasteiger partial charge on any atom is -0.325 e. The van der Waals surface area contributed by atoms with Gasteiger partial charge in [0.05, 0.1) is 16.3 Å². The molecule has 3 rings (SSSR count). The van der Waals surface area contributed by atoms with Crippen molar-refractivity contribution in [2.45, 2.75) is 36.5 Å². The minimum atomic E-state index is 0.0387. The molecular weight excluding hydrogens is 320 g/mol. The smallest absolute Gasteiger partial charge is 0.228 e. The molecule has 1 aliphatic rings. The van der Waals surface area contributed by atoms with E-state index >= 15 is 0 Å². The minimum absolute atomic E-state index is 0.0387. The van der Waals surface area contributed by atoms with Crippen LogP contribution in [0.1, 0.15) is 24.2 Å². The van der Waals surface area contributed by atoms with Crippen LogP contribution in [-0.4, -0.2) is 29.2 Å². The van der Waals surface area contributed by atoms with Crippen molar-refractivity contribution in [3.8, 4) is 0 Å². The Morgan fingerprint density at radius 3 is 2.88 bits per heavy atom. The summed E-state index contributed by atoms with van der Waals surface area (Å²) in [5, 5.41) is 13.6. The van der Waals surface area contributed by atoms with Gasteiger partial charge in [0.25, 0.3) is 0 Å². The van der Waals surface area contributed by atoms with E-state index in [9.17, 15) is 4.79 Å². The lowest BCUT2D eigenvalue weighted by Gasteiger charge is -2.15. The molecule has 24 heavy (non-hydrogen) atoms. The molecule has 1 amide bonds. The Morgan fingerprint density at radius 2 is 2.17 bits per heavy atom. The number of aromatic amines is 1. The molecule has 126 valence electrons. The second-order valence-electron chi connectivity index (χ2n) is 5.90. The summed E-state index contributed by atoms with van der Waals surface area (Å²) in [5.41, 5.74) is 4.07. The topological polar surface area (TPSA) is 69.8 Å². The molecule has 1 aromatic heterocycles. The highest BCUT2D eigenvalue weighted by Crippen LogP contribution is 2.36. The van der Waals surface area contributed by atoms with E-state index in [2.05, 4.69) is 26.9 Å². The molecule has 6 heteroatoms. The van der Waals surface area contributed by atoms with Gasteiger partial charge in [-0.3, -0.25) is 9.89 Å². The molecule has 3 N–H and O–H groups in total. The van der Waals surface area contributed by atoms with Crippen LogP contribution in [0.4, 0.5) is 5.69 Å². The van der Waals surface area contributed by atoms with Gasteiger partial charge in [0.15, 0.2) is 0 Å². The van der Waals surface area contributed by atoms with Crippen LogP contribution >= 0.6 is 11.8 Å². The molecule has 0 saturated carbocycles. The summed E-state index contributed by atoms with van der Waals surface area (Å²) >= 11 is 1.63. The number of para-hydroxylation sites is 1. The molecule has 0 saturated heterocycles. The van der Waals surface area contributed by atoms with Crippen molar-refractivity contribution in [3.05, 3.63) is 47.3 Å². The molecule has 0 fully saturated rings. The summed E-state index contributed by atoms with van der Waals surface area (Å²) in [6.45, 7) is 5.79. The van der Waals surface area contributed by atoms with Gasteiger partial charge in [-0.15, -0.1) is 0 Å². The Kier molecular flexibility index (Phi) is 5.37. The number of rotatable bonds is 5. The summed E-state index contributed by atoms with van der Waals surface area (Å²) < 4.78 is 0. The maximum absolute atomic E-state index is 12.4. The van der Waals surface area contributed by atoms with E-state index in [-0.39, 0.29) is 5.91 Å². The SMILES string of the molecule is Cc1n[nH]c(C)c1Sc1ccccc1NC(=O)CC1=CCNCC1. The number of hydrogen-bond acceptors (Lipinski definition) is 4. The fourth-order valence-corrected chi connectivity index (χ4v) is 3.68. The van der Waals surface area contributed by atoms with E-state index in [1.807, 2.05) is 38.1 Å². The summed E-state index contributed by atoms with van der Waals surface area (Å²) in [6, 6.07) is 7.90. The molecule has 1 aromatic carbocycles. The zero-order valence-electron chi connectivity index (χ0n) is 14.0. The largest absolute Gasteiger partial charge is 0.325 e. The third-order valence-electron chi connectivity index (χ3n) is 3.98. The van der Waals surface area contributed by atoms with E-state index in [4.69, 9.17) is 0 Å². The number of carbonyl (C=O) groups excluding carboxylic acids is 1. The Bertz CT molecular complexity index is 747. The number of nitrogens with one attached hydrogen (secondary N) is 3. The maximum Gasteiger partial charge on any atom is 0.228 e. The van der Waals surface area contributed by atoms with Crippen LogP contribution in [-0.2, 0) is 4.79 Å². The first-order valence-electron chi connectivity index (χ1n) is 8.10. The van der Waals surface area contributed by atoms with Crippen molar-refractivity contribution in [1.29, 1.82) is 0 Å². The van der Waals surface area contributed by atoms with Gasteiger partial charge in [-0.1, -0.05) is 35.5 Å². The molecule has 0 atom stereocenters. The van der Waals surface area contributed by atoms with Crippen molar-refractivity contribution in [3.63, 3.8) is 0 Å². The van der Waals surface area contributed by atoms with Gasteiger partial charge in [-0.05, 0) is 38.9 Å². The summed E-state index contributed by atoms with van der Waals surface area (Å²) in [5.74, 6) is 0.0387. The van der Waals surface area contributed by atoms with E-state index in [0.717, 1.165) is 46.4 Å². The fraction of sp³-hybridized carbons (Fsp3) is 0.333. The van der Waals surface area contributed by atoms with Crippen LogP contribution in [0.5, 0.6) is 0 Å². The normalized spacial score (nSPS) is 14.3. The van der Waals surface area contributed by atoms with Gasteiger partial charge >= 0.3 is 0 Å². The predicted octanol–water partition coefficient (Wildman–Crippen LogP) is 3.43. The quantitative estimate of drug-likeness (QED) is 0.728. The second kappa shape index (κ2) is 7.68. The monoisotopic (exact) mass is 342 g/mol. The summed E-state index contributed by atoms with van der Waals surface area (Å²) in [4.78, 5) is 14.5.